The van der Waals surface area contributed by atoms with Gasteiger partial charge in [-0.2, -0.15) is 0 Å². The predicted octanol–water partition coefficient (Wildman–Crippen LogP) is -0.762. The summed E-state index contributed by atoms with van der Waals surface area (Å²) < 4.78 is 28.4. The van der Waals surface area contributed by atoms with Crippen LogP contribution in [-0.2, 0) is 10.3 Å². The zero-order valence-electron chi connectivity index (χ0n) is 2.57. The summed E-state index contributed by atoms with van der Waals surface area (Å²) >= 11 is 2.89. The maximum Gasteiger partial charge on any atom is 0.555 e. The quantitative estimate of drug-likeness (QED) is 0.360. The third-order valence-electron chi connectivity index (χ3n) is 0.103. The van der Waals surface area contributed by atoms with Crippen molar-refractivity contribution in [3.8, 4) is 0 Å². The van der Waals surface area contributed by atoms with E-state index >= 15 is 0 Å². The van der Waals surface area contributed by atoms with Crippen molar-refractivity contribution in [2.45, 2.75) is 0 Å². The van der Waals surface area contributed by atoms with Crippen molar-refractivity contribution in [1.29, 1.82) is 0 Å². The topological polar surface area (TPSA) is 68.5 Å². The average Bonchev–Trinajstić information content (AvgIpc) is 1.35. The Morgan fingerprint density at radius 3 is 1.83 bits per heavy atom. The van der Waals surface area contributed by atoms with Crippen LogP contribution >= 0.6 is 12.8 Å². The number of hydrogen-bond acceptors (Lipinski definition) is 3. The van der Waals surface area contributed by atoms with Crippen LogP contribution in [0, 0.1) is 0 Å². The van der Waals surface area contributed by atoms with E-state index < -0.39 is 10.3 Å². The van der Waals surface area contributed by atoms with Gasteiger partial charge in [-0.05, 0) is 0 Å². The lowest BCUT2D eigenvalue weighted by atomic mass is 13.9. The molecule has 0 aromatic carbocycles. The van der Waals surface area contributed by atoms with Gasteiger partial charge in [-0.15, -0.1) is 8.42 Å². The highest BCUT2D eigenvalue weighted by Gasteiger charge is 2.16. The van der Waals surface area contributed by atoms with Crippen molar-refractivity contribution in [2.24, 2.45) is 0 Å². The molecule has 0 aromatic rings. The van der Waals surface area contributed by atoms with Crippen LogP contribution in [0.15, 0.2) is 0 Å². The van der Waals surface area contributed by atoms with E-state index in [1.165, 1.54) is 0 Å². The van der Waals surface area contributed by atoms with Gasteiger partial charge in [-0.3, -0.25) is 0 Å². The zero-order valence-corrected chi connectivity index (χ0v) is 4.28. The van der Waals surface area contributed by atoms with Gasteiger partial charge in [0.05, 0.1) is 0 Å². The van der Waals surface area contributed by atoms with E-state index in [1.54, 1.807) is 0 Å². The van der Waals surface area contributed by atoms with E-state index in [-0.39, 0.29) is 0 Å². The summed E-state index contributed by atoms with van der Waals surface area (Å²) in [5.41, 5.74) is 0. The van der Waals surface area contributed by atoms with Gasteiger partial charge in [0.2, 0.25) is 12.8 Å². The number of hydrogen-bond donors (Lipinski definition) is 2. The predicted molar refractivity (Wildman–Crippen MR) is 22.7 cm³/mol. The maximum atomic E-state index is 9.31. The van der Waals surface area contributed by atoms with Crippen molar-refractivity contribution in [3.05, 3.63) is 0 Å². The van der Waals surface area contributed by atoms with Gasteiger partial charge >= 0.3 is 14.4 Å². The molecule has 0 aliphatic rings. The Bertz CT molecular complexity index is 111. The SMILES string of the molecule is O=S(=O)(O)[N+]S. The van der Waals surface area contributed by atoms with Gasteiger partial charge in [-0.25, -0.2) is 4.55 Å². The second-order valence-corrected chi connectivity index (χ2v) is 2.08. The lowest BCUT2D eigenvalue weighted by Crippen LogP contribution is -2.02. The Balaban J connectivity index is 3.85. The molecule has 0 bridgehead atoms. The first-order valence-corrected chi connectivity index (χ1v) is 2.70. The maximum absolute atomic E-state index is 9.31. The zero-order chi connectivity index (χ0) is 5.21. The molecule has 0 heterocycles. The summed E-state index contributed by atoms with van der Waals surface area (Å²) in [6.45, 7) is 0. The second-order valence-electron chi connectivity index (χ2n) is 0.529. The fraction of sp³-hybridized carbons (Fsp3) is 0. The largest absolute Gasteiger partial charge is 0.555 e. The summed E-state index contributed by atoms with van der Waals surface area (Å²) in [4.78, 5) is 0. The number of rotatable bonds is 1. The van der Waals surface area contributed by atoms with Gasteiger partial charge in [0.1, 0.15) is 0 Å². The molecule has 0 rings (SSSR count). The molecule has 36 valence electrons. The number of thiol groups is 1. The van der Waals surface area contributed by atoms with Crippen LogP contribution in [0.4, 0.5) is 0 Å². The number of nitrogens with zero attached hydrogens (tertiary/aromatic N) is 1. The van der Waals surface area contributed by atoms with Crippen LogP contribution in [0.3, 0.4) is 0 Å². The molecule has 0 amide bonds. The highest BCUT2D eigenvalue weighted by Crippen LogP contribution is 1.74. The first kappa shape index (κ1) is 6.22. The monoisotopic (exact) mass is 128 g/mol. The van der Waals surface area contributed by atoms with Crippen LogP contribution in [0.25, 0.3) is 0 Å². The van der Waals surface area contributed by atoms with Crippen LogP contribution in [0.5, 0.6) is 0 Å². The van der Waals surface area contributed by atoms with Crippen molar-refractivity contribution in [1.82, 2.24) is 4.13 Å². The van der Waals surface area contributed by atoms with Crippen molar-refractivity contribution < 1.29 is 13.0 Å². The van der Waals surface area contributed by atoms with Crippen LogP contribution in [0.2, 0.25) is 0 Å². The van der Waals surface area contributed by atoms with Gasteiger partial charge in [0, 0.05) is 0 Å². The van der Waals surface area contributed by atoms with E-state index in [0.717, 1.165) is 0 Å². The van der Waals surface area contributed by atoms with Gasteiger partial charge < -0.3 is 0 Å². The summed E-state index contributed by atoms with van der Waals surface area (Å²) in [5.74, 6) is 0. The molecule has 0 aromatic heterocycles. The van der Waals surface area contributed by atoms with E-state index in [1.807, 2.05) is 0 Å². The van der Waals surface area contributed by atoms with Crippen molar-refractivity contribution in [2.75, 3.05) is 0 Å². The second kappa shape index (κ2) is 1.78. The Labute approximate surface area is 41.0 Å². The smallest absolute Gasteiger partial charge is 0.232 e. The fourth-order valence-corrected chi connectivity index (χ4v) is 0. The minimum absolute atomic E-state index is 2.24. The van der Waals surface area contributed by atoms with Crippen molar-refractivity contribution in [3.63, 3.8) is 0 Å². The molecule has 4 nitrogen and oxygen atoms in total. The highest BCUT2D eigenvalue weighted by atomic mass is 32.3. The molecule has 2 radical (unpaired) electrons. The summed E-state index contributed by atoms with van der Waals surface area (Å²) in [6.07, 6.45) is 0. The lowest BCUT2D eigenvalue weighted by Gasteiger charge is -1.60. The summed E-state index contributed by atoms with van der Waals surface area (Å²) in [5, 5.41) is 0. The first-order valence-electron chi connectivity index (χ1n) is 0.898. The van der Waals surface area contributed by atoms with Gasteiger partial charge in [0.25, 0.3) is 0 Å². The average molecular weight is 128 g/mol. The minimum Gasteiger partial charge on any atom is -0.232 e. The molecule has 0 saturated carbocycles. The third kappa shape index (κ3) is 4.22. The van der Waals surface area contributed by atoms with Gasteiger partial charge in [-0.1, -0.05) is 0 Å². The molecule has 0 fully saturated rings. The van der Waals surface area contributed by atoms with E-state index in [4.69, 9.17) is 4.55 Å². The van der Waals surface area contributed by atoms with Crippen LogP contribution < -0.4 is 4.13 Å². The molecular weight excluding hydrogens is 126 g/mol. The normalized spacial score (nSPS) is 11.7. The molecular formula is H2NO3S2+. The Hall–Kier alpha value is 0.220. The Morgan fingerprint density at radius 1 is 1.67 bits per heavy atom. The molecule has 6 heteroatoms. The molecule has 0 aliphatic heterocycles. The van der Waals surface area contributed by atoms with Crippen LogP contribution in [0.1, 0.15) is 0 Å². The molecule has 0 saturated heterocycles. The molecule has 0 atom stereocenters. The lowest BCUT2D eigenvalue weighted by molar-refractivity contribution is 0.480. The Morgan fingerprint density at radius 2 is 1.83 bits per heavy atom. The van der Waals surface area contributed by atoms with E-state index in [2.05, 4.69) is 16.9 Å². The van der Waals surface area contributed by atoms with E-state index in [0.29, 0.717) is 0 Å². The highest BCUT2D eigenvalue weighted by molar-refractivity contribution is 7.96. The summed E-state index contributed by atoms with van der Waals surface area (Å²) in [6, 6.07) is 0. The molecule has 0 unspecified atom stereocenters. The van der Waals surface area contributed by atoms with Crippen molar-refractivity contribution >= 4 is 23.1 Å². The summed E-state index contributed by atoms with van der Waals surface area (Å²) in [7, 11) is -4.17. The third-order valence-corrected chi connectivity index (χ3v) is 0.929. The molecule has 0 spiro atoms. The van der Waals surface area contributed by atoms with Crippen LogP contribution in [-0.4, -0.2) is 13.0 Å². The first-order chi connectivity index (χ1) is 2.56. The standard InChI is InChI=1S/H2NO3S2/c2-6(3,4)1-5/h5H,(H,2,3,4)/q+1. The van der Waals surface area contributed by atoms with Gasteiger partial charge in [0.15, 0.2) is 0 Å². The molecule has 0 aliphatic carbocycles. The minimum atomic E-state index is -4.17. The van der Waals surface area contributed by atoms with E-state index in [9.17, 15) is 8.42 Å². The fourth-order valence-electron chi connectivity index (χ4n) is 0. The Kier molecular flexibility index (Phi) is 1.85. The molecule has 1 N–H and O–H groups in total. The molecule has 6 heavy (non-hydrogen) atoms.